The van der Waals surface area contributed by atoms with Crippen LogP contribution in [0.2, 0.25) is 0 Å². The van der Waals surface area contributed by atoms with Crippen molar-refractivity contribution in [2.75, 3.05) is 0 Å². The Bertz CT molecular complexity index is 497. The molecule has 1 aromatic heterocycles. The topological polar surface area (TPSA) is 42.0 Å². The lowest BCUT2D eigenvalue weighted by atomic mass is 9.96. The summed E-state index contributed by atoms with van der Waals surface area (Å²) in [6, 6.07) is 0. The first kappa shape index (κ1) is 13.7. The van der Waals surface area contributed by atoms with E-state index in [0.717, 1.165) is 30.7 Å². The second kappa shape index (κ2) is 4.34. The predicted molar refractivity (Wildman–Crippen MR) is 77.6 cm³/mol. The SMILES string of the molecule is CC1(C(=O)NC2(c3nccs3)CCCC2)CC1(Cl)Cl. The number of alkyl halides is 2. The number of carbonyl (C=O) groups is 1. The molecule has 0 spiro atoms. The molecule has 1 heterocycles. The van der Waals surface area contributed by atoms with E-state index >= 15 is 0 Å². The van der Waals surface area contributed by atoms with Crippen LogP contribution >= 0.6 is 34.5 Å². The van der Waals surface area contributed by atoms with Crippen molar-refractivity contribution in [1.82, 2.24) is 10.3 Å². The Balaban J connectivity index is 1.82. The van der Waals surface area contributed by atoms with Gasteiger partial charge >= 0.3 is 0 Å². The highest BCUT2D eigenvalue weighted by Crippen LogP contribution is 2.64. The van der Waals surface area contributed by atoms with Crippen molar-refractivity contribution in [3.63, 3.8) is 0 Å². The quantitative estimate of drug-likeness (QED) is 0.865. The van der Waals surface area contributed by atoms with Crippen molar-refractivity contribution in [2.24, 2.45) is 5.41 Å². The highest BCUT2D eigenvalue weighted by Gasteiger charge is 2.68. The van der Waals surface area contributed by atoms with Crippen LogP contribution in [0, 0.1) is 5.41 Å². The molecule has 2 fully saturated rings. The fourth-order valence-corrected chi connectivity index (χ4v) is 4.39. The molecule has 1 atom stereocenters. The van der Waals surface area contributed by atoms with E-state index in [0.29, 0.717) is 6.42 Å². The molecule has 3 nitrogen and oxygen atoms in total. The molecule has 2 saturated carbocycles. The smallest absolute Gasteiger partial charge is 0.229 e. The van der Waals surface area contributed by atoms with E-state index in [-0.39, 0.29) is 11.4 Å². The third-order valence-electron chi connectivity index (χ3n) is 4.41. The summed E-state index contributed by atoms with van der Waals surface area (Å²) >= 11 is 13.8. The molecule has 0 aliphatic heterocycles. The Morgan fingerprint density at radius 3 is 2.53 bits per heavy atom. The number of nitrogens with zero attached hydrogens (tertiary/aromatic N) is 1. The van der Waals surface area contributed by atoms with Crippen molar-refractivity contribution in [2.45, 2.75) is 48.9 Å². The maximum Gasteiger partial charge on any atom is 0.229 e. The van der Waals surface area contributed by atoms with Gasteiger partial charge in [0.25, 0.3) is 0 Å². The molecular formula is C13H16Cl2N2OS. The molecule has 1 amide bonds. The Kier molecular flexibility index (Phi) is 3.12. The van der Waals surface area contributed by atoms with Gasteiger partial charge in [-0.25, -0.2) is 4.98 Å². The van der Waals surface area contributed by atoms with Gasteiger partial charge in [-0.15, -0.1) is 34.5 Å². The molecule has 0 bridgehead atoms. The minimum absolute atomic E-state index is 0.0467. The Labute approximate surface area is 126 Å². The highest BCUT2D eigenvalue weighted by molar-refractivity contribution is 7.09. The van der Waals surface area contributed by atoms with E-state index in [1.165, 1.54) is 0 Å². The molecule has 6 heteroatoms. The predicted octanol–water partition coefficient (Wildman–Crippen LogP) is 3.61. The molecule has 3 rings (SSSR count). The fourth-order valence-electron chi connectivity index (χ4n) is 2.83. The summed E-state index contributed by atoms with van der Waals surface area (Å²) in [5.41, 5.74) is -0.969. The zero-order valence-electron chi connectivity index (χ0n) is 10.7. The number of hydrogen-bond donors (Lipinski definition) is 1. The fraction of sp³-hybridized carbons (Fsp3) is 0.692. The first-order valence-electron chi connectivity index (χ1n) is 6.50. The summed E-state index contributed by atoms with van der Waals surface area (Å²) in [6.45, 7) is 1.83. The van der Waals surface area contributed by atoms with E-state index in [9.17, 15) is 4.79 Å². The van der Waals surface area contributed by atoms with E-state index in [1.807, 2.05) is 12.3 Å². The van der Waals surface area contributed by atoms with Crippen LogP contribution in [0.3, 0.4) is 0 Å². The second-order valence-corrected chi connectivity index (χ2v) is 8.17. The minimum Gasteiger partial charge on any atom is -0.344 e. The third kappa shape index (κ3) is 2.08. The minimum atomic E-state index is -0.917. The number of aromatic nitrogens is 1. The summed E-state index contributed by atoms with van der Waals surface area (Å²) in [6.07, 6.45) is 6.42. The first-order valence-corrected chi connectivity index (χ1v) is 8.14. The molecule has 1 aromatic rings. The number of rotatable bonds is 3. The van der Waals surface area contributed by atoms with Gasteiger partial charge < -0.3 is 5.32 Å². The number of hydrogen-bond acceptors (Lipinski definition) is 3. The molecule has 0 radical (unpaired) electrons. The average molecular weight is 319 g/mol. The summed E-state index contributed by atoms with van der Waals surface area (Å²) < 4.78 is -0.917. The van der Waals surface area contributed by atoms with Crippen LogP contribution in [0.4, 0.5) is 0 Å². The summed E-state index contributed by atoms with van der Waals surface area (Å²) in [5, 5.41) is 6.14. The van der Waals surface area contributed by atoms with Crippen LogP contribution < -0.4 is 5.32 Å². The summed E-state index contributed by atoms with van der Waals surface area (Å²) in [4.78, 5) is 16.9. The van der Waals surface area contributed by atoms with Gasteiger partial charge in [-0.2, -0.15) is 0 Å². The number of amides is 1. The van der Waals surface area contributed by atoms with E-state index in [2.05, 4.69) is 10.3 Å². The molecule has 0 aromatic carbocycles. The van der Waals surface area contributed by atoms with Gasteiger partial charge in [-0.1, -0.05) is 12.8 Å². The number of carbonyl (C=O) groups excluding carboxylic acids is 1. The average Bonchev–Trinajstić information content (AvgIpc) is 2.84. The normalized spacial score (nSPS) is 31.1. The molecule has 104 valence electrons. The van der Waals surface area contributed by atoms with E-state index < -0.39 is 9.75 Å². The zero-order valence-corrected chi connectivity index (χ0v) is 13.0. The van der Waals surface area contributed by atoms with Gasteiger partial charge in [0.1, 0.15) is 9.34 Å². The molecule has 1 N–H and O–H groups in total. The van der Waals surface area contributed by atoms with E-state index in [4.69, 9.17) is 23.2 Å². The van der Waals surface area contributed by atoms with Crippen molar-refractivity contribution in [3.8, 4) is 0 Å². The molecule has 2 aliphatic carbocycles. The number of halogens is 2. The second-order valence-electron chi connectivity index (χ2n) is 5.79. The molecule has 2 aliphatic rings. The Morgan fingerprint density at radius 2 is 2.05 bits per heavy atom. The van der Waals surface area contributed by atoms with Crippen LogP contribution in [-0.4, -0.2) is 15.2 Å². The zero-order chi connectivity index (χ0) is 13.7. The van der Waals surface area contributed by atoms with Crippen LogP contribution in [0.15, 0.2) is 11.6 Å². The van der Waals surface area contributed by atoms with Crippen molar-refractivity contribution >= 4 is 40.4 Å². The van der Waals surface area contributed by atoms with Gasteiger partial charge in [0.15, 0.2) is 0 Å². The maximum atomic E-state index is 12.5. The van der Waals surface area contributed by atoms with Crippen molar-refractivity contribution in [1.29, 1.82) is 0 Å². The van der Waals surface area contributed by atoms with Crippen molar-refractivity contribution < 1.29 is 4.79 Å². The van der Waals surface area contributed by atoms with Gasteiger partial charge in [-0.05, 0) is 26.2 Å². The van der Waals surface area contributed by atoms with Crippen LogP contribution in [-0.2, 0) is 10.3 Å². The lowest BCUT2D eigenvalue weighted by Crippen LogP contribution is -2.47. The molecular weight excluding hydrogens is 303 g/mol. The monoisotopic (exact) mass is 318 g/mol. The van der Waals surface area contributed by atoms with Crippen LogP contribution in [0.25, 0.3) is 0 Å². The largest absolute Gasteiger partial charge is 0.344 e. The number of nitrogens with one attached hydrogen (secondary N) is 1. The molecule has 1 unspecified atom stereocenters. The van der Waals surface area contributed by atoms with Crippen LogP contribution in [0.5, 0.6) is 0 Å². The Hall–Kier alpha value is -0.320. The standard InChI is InChI=1S/C13H16Cl2N2OS/c1-11(8-13(11,14)15)9(18)17-12(4-2-3-5-12)10-16-6-7-19-10/h6-7H,2-5,8H2,1H3,(H,17,18). The van der Waals surface area contributed by atoms with Gasteiger partial charge in [0.2, 0.25) is 5.91 Å². The van der Waals surface area contributed by atoms with E-state index in [1.54, 1.807) is 17.5 Å². The Morgan fingerprint density at radius 1 is 1.42 bits per heavy atom. The van der Waals surface area contributed by atoms with Gasteiger partial charge in [-0.3, -0.25) is 4.79 Å². The molecule has 19 heavy (non-hydrogen) atoms. The summed E-state index contributed by atoms with van der Waals surface area (Å²) in [7, 11) is 0. The maximum absolute atomic E-state index is 12.5. The van der Waals surface area contributed by atoms with Crippen LogP contribution in [0.1, 0.15) is 44.0 Å². The lowest BCUT2D eigenvalue weighted by molar-refractivity contribution is -0.128. The lowest BCUT2D eigenvalue weighted by Gasteiger charge is -2.30. The third-order valence-corrected chi connectivity index (χ3v) is 6.49. The first-order chi connectivity index (χ1) is 8.90. The molecule has 0 saturated heterocycles. The van der Waals surface area contributed by atoms with Gasteiger partial charge in [0.05, 0.1) is 11.0 Å². The van der Waals surface area contributed by atoms with Crippen molar-refractivity contribution in [3.05, 3.63) is 16.6 Å². The number of thiazole rings is 1. The highest BCUT2D eigenvalue weighted by atomic mass is 35.5. The summed E-state index contributed by atoms with van der Waals surface area (Å²) in [5.74, 6) is -0.0467. The van der Waals surface area contributed by atoms with Gasteiger partial charge in [0, 0.05) is 11.6 Å².